The number of rotatable bonds is 7. The predicted molar refractivity (Wildman–Crippen MR) is 81.7 cm³/mol. The molecule has 0 radical (unpaired) electrons. The third-order valence-electron chi connectivity index (χ3n) is 3.05. The zero-order valence-corrected chi connectivity index (χ0v) is 12.7. The van der Waals surface area contributed by atoms with Gasteiger partial charge in [0, 0.05) is 6.54 Å². The lowest BCUT2D eigenvalue weighted by atomic mass is 10.2. The maximum atomic E-state index is 12.0. The molecule has 3 N–H and O–H groups in total. The van der Waals surface area contributed by atoms with Gasteiger partial charge in [0.25, 0.3) is 5.91 Å². The van der Waals surface area contributed by atoms with Gasteiger partial charge in [-0.1, -0.05) is 12.1 Å². The summed E-state index contributed by atoms with van der Waals surface area (Å²) in [7, 11) is 1.30. The van der Waals surface area contributed by atoms with Crippen molar-refractivity contribution >= 4 is 11.9 Å². The van der Waals surface area contributed by atoms with E-state index in [0.717, 1.165) is 5.56 Å². The highest BCUT2D eigenvalue weighted by Crippen LogP contribution is 2.14. The van der Waals surface area contributed by atoms with E-state index in [-0.39, 0.29) is 19.1 Å². The molecule has 1 heterocycles. The Morgan fingerprint density at radius 2 is 2.13 bits per heavy atom. The molecule has 1 aromatic heterocycles. The summed E-state index contributed by atoms with van der Waals surface area (Å²) in [5.41, 5.74) is 6.69. The van der Waals surface area contributed by atoms with Crippen LogP contribution in [0.25, 0.3) is 0 Å². The van der Waals surface area contributed by atoms with Crippen molar-refractivity contribution in [1.82, 2.24) is 5.32 Å². The Morgan fingerprint density at radius 3 is 2.83 bits per heavy atom. The second-order valence-corrected chi connectivity index (χ2v) is 4.70. The van der Waals surface area contributed by atoms with Gasteiger partial charge in [-0.2, -0.15) is 0 Å². The molecule has 2 aromatic rings. The van der Waals surface area contributed by atoms with E-state index in [1.165, 1.54) is 13.4 Å². The molecule has 1 aromatic carbocycles. The Morgan fingerprint density at radius 1 is 1.30 bits per heavy atom. The summed E-state index contributed by atoms with van der Waals surface area (Å²) >= 11 is 0. The number of methoxy groups -OCH3 is 1. The number of ether oxygens (including phenoxy) is 2. The molecule has 1 amide bonds. The largest absolute Gasteiger partial charge is 0.482 e. The zero-order chi connectivity index (χ0) is 16.7. The van der Waals surface area contributed by atoms with Crippen molar-refractivity contribution < 1.29 is 23.5 Å². The number of nitrogens with one attached hydrogen (secondary N) is 1. The molecule has 2 rings (SSSR count). The van der Waals surface area contributed by atoms with Crippen molar-refractivity contribution in [2.75, 3.05) is 13.7 Å². The van der Waals surface area contributed by atoms with Gasteiger partial charge in [0.15, 0.2) is 6.61 Å². The van der Waals surface area contributed by atoms with Crippen LogP contribution in [-0.4, -0.2) is 25.6 Å². The van der Waals surface area contributed by atoms with Gasteiger partial charge < -0.3 is 24.9 Å². The van der Waals surface area contributed by atoms with Crippen molar-refractivity contribution in [1.29, 1.82) is 0 Å². The minimum Gasteiger partial charge on any atom is -0.482 e. The van der Waals surface area contributed by atoms with Crippen LogP contribution in [-0.2, 0) is 22.6 Å². The van der Waals surface area contributed by atoms with Crippen LogP contribution in [0.5, 0.6) is 5.75 Å². The summed E-state index contributed by atoms with van der Waals surface area (Å²) < 4.78 is 14.9. The maximum absolute atomic E-state index is 12.0. The SMILES string of the molecule is COC(=O)COc1cccc(CNC(=O)c2coc(CN)c2)c1. The first-order valence-corrected chi connectivity index (χ1v) is 6.96. The number of amides is 1. The average Bonchev–Trinajstić information content (AvgIpc) is 3.07. The third-order valence-corrected chi connectivity index (χ3v) is 3.05. The van der Waals surface area contributed by atoms with Crippen molar-refractivity contribution in [3.63, 3.8) is 0 Å². The molecule has 23 heavy (non-hydrogen) atoms. The number of esters is 1. The van der Waals surface area contributed by atoms with Crippen molar-refractivity contribution in [2.24, 2.45) is 5.73 Å². The van der Waals surface area contributed by atoms with E-state index in [2.05, 4.69) is 10.1 Å². The van der Waals surface area contributed by atoms with Gasteiger partial charge in [0.2, 0.25) is 0 Å². The van der Waals surface area contributed by atoms with E-state index in [0.29, 0.717) is 23.6 Å². The molecule has 0 aliphatic carbocycles. The lowest BCUT2D eigenvalue weighted by Gasteiger charge is -2.08. The molecule has 0 saturated heterocycles. The summed E-state index contributed by atoms with van der Waals surface area (Å²) in [6.07, 6.45) is 1.37. The molecule has 0 spiro atoms. The Kier molecular flexibility index (Phi) is 5.76. The van der Waals surface area contributed by atoms with Gasteiger partial charge in [0.1, 0.15) is 17.8 Å². The number of carbonyl (C=O) groups excluding carboxylic acids is 2. The first-order valence-electron chi connectivity index (χ1n) is 6.96. The number of furan rings is 1. The van der Waals surface area contributed by atoms with E-state index in [4.69, 9.17) is 14.9 Å². The second-order valence-electron chi connectivity index (χ2n) is 4.70. The fraction of sp³-hybridized carbons (Fsp3) is 0.250. The zero-order valence-electron chi connectivity index (χ0n) is 12.7. The quantitative estimate of drug-likeness (QED) is 0.744. The van der Waals surface area contributed by atoms with Gasteiger partial charge in [-0.05, 0) is 23.8 Å². The number of nitrogens with two attached hydrogens (primary N) is 1. The van der Waals surface area contributed by atoms with Crippen LogP contribution in [0.4, 0.5) is 0 Å². The molecule has 0 fully saturated rings. The third kappa shape index (κ3) is 4.86. The molecule has 0 saturated carbocycles. The standard InChI is InChI=1S/C16H18N2O5/c1-21-15(19)10-23-13-4-2-3-11(5-13)8-18-16(20)12-6-14(7-17)22-9-12/h2-6,9H,7-8,10,17H2,1H3,(H,18,20). The predicted octanol–water partition coefficient (Wildman–Crippen LogP) is 1.22. The fourth-order valence-corrected chi connectivity index (χ4v) is 1.84. The average molecular weight is 318 g/mol. The summed E-state index contributed by atoms with van der Waals surface area (Å²) in [5, 5.41) is 2.77. The molecular formula is C16H18N2O5. The summed E-state index contributed by atoms with van der Waals surface area (Å²) in [5.74, 6) is 0.359. The van der Waals surface area contributed by atoms with Gasteiger partial charge in [-0.3, -0.25) is 4.79 Å². The lowest BCUT2D eigenvalue weighted by Crippen LogP contribution is -2.22. The number of hydrogen-bond donors (Lipinski definition) is 2. The highest BCUT2D eigenvalue weighted by atomic mass is 16.6. The normalized spacial score (nSPS) is 10.2. The van der Waals surface area contributed by atoms with Crippen LogP contribution < -0.4 is 15.8 Å². The van der Waals surface area contributed by atoms with Crippen LogP contribution in [0.3, 0.4) is 0 Å². The monoisotopic (exact) mass is 318 g/mol. The van der Waals surface area contributed by atoms with Gasteiger partial charge in [-0.25, -0.2) is 4.79 Å². The Balaban J connectivity index is 1.90. The summed E-state index contributed by atoms with van der Waals surface area (Å²) in [4.78, 5) is 23.0. The first kappa shape index (κ1) is 16.6. The highest BCUT2D eigenvalue weighted by Gasteiger charge is 2.09. The van der Waals surface area contributed by atoms with E-state index in [1.54, 1.807) is 24.3 Å². The van der Waals surface area contributed by atoms with E-state index >= 15 is 0 Å². The van der Waals surface area contributed by atoms with Crippen LogP contribution in [0, 0.1) is 0 Å². The summed E-state index contributed by atoms with van der Waals surface area (Å²) in [6, 6.07) is 8.68. The topological polar surface area (TPSA) is 104 Å². The van der Waals surface area contributed by atoms with E-state index in [1.807, 2.05) is 6.07 Å². The molecule has 7 heteroatoms. The molecule has 122 valence electrons. The van der Waals surface area contributed by atoms with Crippen LogP contribution in [0.2, 0.25) is 0 Å². The van der Waals surface area contributed by atoms with Crippen LogP contribution in [0.15, 0.2) is 41.0 Å². The molecule has 0 aliphatic rings. The number of hydrogen-bond acceptors (Lipinski definition) is 6. The minimum atomic E-state index is -0.459. The molecule has 0 unspecified atom stereocenters. The molecule has 0 bridgehead atoms. The second kappa shape index (κ2) is 8.00. The molecular weight excluding hydrogens is 300 g/mol. The Labute approximate surface area is 133 Å². The molecule has 0 aliphatic heterocycles. The lowest BCUT2D eigenvalue weighted by molar-refractivity contribution is -0.142. The van der Waals surface area contributed by atoms with Crippen molar-refractivity contribution in [3.05, 3.63) is 53.5 Å². The smallest absolute Gasteiger partial charge is 0.343 e. The van der Waals surface area contributed by atoms with Gasteiger partial charge in [0.05, 0.1) is 19.2 Å². The summed E-state index contributed by atoms with van der Waals surface area (Å²) in [6.45, 7) is 0.396. The van der Waals surface area contributed by atoms with Crippen LogP contribution in [0.1, 0.15) is 21.7 Å². The molecule has 7 nitrogen and oxygen atoms in total. The minimum absolute atomic E-state index is 0.163. The van der Waals surface area contributed by atoms with Gasteiger partial charge in [-0.15, -0.1) is 0 Å². The number of benzene rings is 1. The Hall–Kier alpha value is -2.80. The van der Waals surface area contributed by atoms with Crippen LogP contribution >= 0.6 is 0 Å². The fourth-order valence-electron chi connectivity index (χ4n) is 1.84. The Bertz CT molecular complexity index is 681. The first-order chi connectivity index (χ1) is 11.1. The van der Waals surface area contributed by atoms with E-state index in [9.17, 15) is 9.59 Å². The number of carbonyl (C=O) groups is 2. The van der Waals surface area contributed by atoms with Gasteiger partial charge >= 0.3 is 5.97 Å². The highest BCUT2D eigenvalue weighted by molar-refractivity contribution is 5.93. The van der Waals surface area contributed by atoms with E-state index < -0.39 is 5.97 Å². The maximum Gasteiger partial charge on any atom is 0.343 e. The van der Waals surface area contributed by atoms with Crippen molar-refractivity contribution in [2.45, 2.75) is 13.1 Å². The molecule has 0 atom stereocenters. The van der Waals surface area contributed by atoms with Crippen molar-refractivity contribution in [3.8, 4) is 5.75 Å².